The SMILES string of the molecule is CC1CC(Nc2ccc(C(F)(F)F)cc2C#N)CCN1. The van der Waals surface area contributed by atoms with E-state index in [2.05, 4.69) is 17.6 Å². The molecule has 2 rings (SSSR count). The molecule has 0 amide bonds. The number of benzene rings is 1. The summed E-state index contributed by atoms with van der Waals surface area (Å²) in [5, 5.41) is 15.5. The highest BCUT2D eigenvalue weighted by Crippen LogP contribution is 2.32. The number of hydrogen-bond acceptors (Lipinski definition) is 3. The van der Waals surface area contributed by atoms with Crippen molar-refractivity contribution in [2.75, 3.05) is 11.9 Å². The molecule has 1 aromatic rings. The summed E-state index contributed by atoms with van der Waals surface area (Å²) in [6.07, 6.45) is -2.66. The summed E-state index contributed by atoms with van der Waals surface area (Å²) >= 11 is 0. The summed E-state index contributed by atoms with van der Waals surface area (Å²) in [4.78, 5) is 0. The third-order valence-corrected chi connectivity index (χ3v) is 3.45. The van der Waals surface area contributed by atoms with Gasteiger partial charge in [0.25, 0.3) is 0 Å². The second-order valence-corrected chi connectivity index (χ2v) is 5.09. The number of rotatable bonds is 2. The van der Waals surface area contributed by atoms with Gasteiger partial charge in [-0.05, 0) is 44.5 Å². The molecule has 0 saturated carbocycles. The first-order valence-corrected chi connectivity index (χ1v) is 6.51. The molecule has 0 bridgehead atoms. The molecule has 1 heterocycles. The van der Waals surface area contributed by atoms with Crippen LogP contribution in [-0.4, -0.2) is 18.6 Å². The van der Waals surface area contributed by atoms with Crippen molar-refractivity contribution in [3.05, 3.63) is 29.3 Å². The van der Waals surface area contributed by atoms with Crippen molar-refractivity contribution in [2.45, 2.75) is 38.0 Å². The van der Waals surface area contributed by atoms with Crippen molar-refractivity contribution in [2.24, 2.45) is 0 Å². The van der Waals surface area contributed by atoms with Gasteiger partial charge in [-0.1, -0.05) is 0 Å². The van der Waals surface area contributed by atoms with Gasteiger partial charge in [0.15, 0.2) is 0 Å². The quantitative estimate of drug-likeness (QED) is 0.876. The van der Waals surface area contributed by atoms with Crippen LogP contribution in [0.3, 0.4) is 0 Å². The monoisotopic (exact) mass is 283 g/mol. The van der Waals surface area contributed by atoms with Crippen LogP contribution in [0.2, 0.25) is 0 Å². The molecule has 0 aromatic heterocycles. The van der Waals surface area contributed by atoms with Crippen molar-refractivity contribution in [3.8, 4) is 6.07 Å². The highest BCUT2D eigenvalue weighted by atomic mass is 19.4. The fourth-order valence-corrected chi connectivity index (χ4v) is 2.42. The number of nitrogens with zero attached hydrogens (tertiary/aromatic N) is 1. The molecule has 3 nitrogen and oxygen atoms in total. The second kappa shape index (κ2) is 5.71. The molecule has 0 spiro atoms. The maximum atomic E-state index is 12.6. The van der Waals surface area contributed by atoms with E-state index >= 15 is 0 Å². The Hall–Kier alpha value is -1.74. The predicted octanol–water partition coefficient (Wildman–Crippen LogP) is 3.13. The second-order valence-electron chi connectivity index (χ2n) is 5.09. The van der Waals surface area contributed by atoms with Gasteiger partial charge < -0.3 is 10.6 Å². The van der Waals surface area contributed by atoms with Crippen molar-refractivity contribution in [1.29, 1.82) is 5.26 Å². The molecule has 1 aliphatic rings. The van der Waals surface area contributed by atoms with Crippen molar-refractivity contribution in [3.63, 3.8) is 0 Å². The number of nitriles is 1. The van der Waals surface area contributed by atoms with Crippen LogP contribution in [0.5, 0.6) is 0 Å². The van der Waals surface area contributed by atoms with Crippen molar-refractivity contribution >= 4 is 5.69 Å². The molecule has 6 heteroatoms. The van der Waals surface area contributed by atoms with Gasteiger partial charge >= 0.3 is 6.18 Å². The third kappa shape index (κ3) is 3.42. The molecule has 20 heavy (non-hydrogen) atoms. The third-order valence-electron chi connectivity index (χ3n) is 3.45. The van der Waals surface area contributed by atoms with E-state index < -0.39 is 11.7 Å². The largest absolute Gasteiger partial charge is 0.416 e. The Kier molecular flexibility index (Phi) is 4.19. The zero-order valence-corrected chi connectivity index (χ0v) is 11.1. The summed E-state index contributed by atoms with van der Waals surface area (Å²) in [5.41, 5.74) is -0.288. The Morgan fingerprint density at radius 1 is 1.40 bits per heavy atom. The fourth-order valence-electron chi connectivity index (χ4n) is 2.42. The predicted molar refractivity (Wildman–Crippen MR) is 70.3 cm³/mol. The van der Waals surface area contributed by atoms with Gasteiger partial charge in [0.1, 0.15) is 6.07 Å². The number of hydrogen-bond donors (Lipinski definition) is 2. The molecular formula is C14H16F3N3. The molecule has 2 atom stereocenters. The minimum atomic E-state index is -4.42. The normalized spacial score (nSPS) is 23.1. The summed E-state index contributed by atoms with van der Waals surface area (Å²) < 4.78 is 37.8. The van der Waals surface area contributed by atoms with E-state index in [0.29, 0.717) is 11.7 Å². The first-order valence-electron chi connectivity index (χ1n) is 6.51. The van der Waals surface area contributed by atoms with E-state index in [1.807, 2.05) is 6.07 Å². The zero-order chi connectivity index (χ0) is 14.8. The number of anilines is 1. The maximum absolute atomic E-state index is 12.6. The van der Waals surface area contributed by atoms with Gasteiger partial charge in [-0.2, -0.15) is 18.4 Å². The highest BCUT2D eigenvalue weighted by Gasteiger charge is 2.31. The lowest BCUT2D eigenvalue weighted by atomic mass is 9.99. The lowest BCUT2D eigenvalue weighted by molar-refractivity contribution is -0.137. The minimum Gasteiger partial charge on any atom is -0.381 e. The summed E-state index contributed by atoms with van der Waals surface area (Å²) in [6, 6.07) is 5.61. The number of nitrogens with one attached hydrogen (secondary N) is 2. The standard InChI is InChI=1S/C14H16F3N3/c1-9-6-12(4-5-19-9)20-13-3-2-11(14(15,16)17)7-10(13)8-18/h2-3,7,9,12,19-20H,4-6H2,1H3. The molecule has 1 fully saturated rings. The summed E-state index contributed by atoms with van der Waals surface area (Å²) in [5.74, 6) is 0. The Labute approximate surface area is 115 Å². The van der Waals surface area contributed by atoms with Crippen LogP contribution in [0.1, 0.15) is 30.9 Å². The molecule has 2 N–H and O–H groups in total. The van der Waals surface area contributed by atoms with Crippen LogP contribution in [0.15, 0.2) is 18.2 Å². The average Bonchev–Trinajstić information content (AvgIpc) is 2.38. The summed E-state index contributed by atoms with van der Waals surface area (Å²) in [6.45, 7) is 2.92. The van der Waals surface area contributed by atoms with Crippen molar-refractivity contribution < 1.29 is 13.2 Å². The van der Waals surface area contributed by atoms with Gasteiger partial charge in [-0.3, -0.25) is 0 Å². The van der Waals surface area contributed by atoms with E-state index in [1.54, 1.807) is 0 Å². The highest BCUT2D eigenvalue weighted by molar-refractivity contribution is 5.59. The molecule has 1 saturated heterocycles. The van der Waals surface area contributed by atoms with E-state index in [-0.39, 0.29) is 11.6 Å². The maximum Gasteiger partial charge on any atom is 0.416 e. The smallest absolute Gasteiger partial charge is 0.381 e. The molecule has 108 valence electrons. The van der Waals surface area contributed by atoms with E-state index in [9.17, 15) is 13.2 Å². The van der Waals surface area contributed by atoms with E-state index in [0.717, 1.165) is 31.5 Å². The molecule has 1 aromatic carbocycles. The van der Waals surface area contributed by atoms with Crippen LogP contribution < -0.4 is 10.6 Å². The molecule has 0 radical (unpaired) electrons. The summed E-state index contributed by atoms with van der Waals surface area (Å²) in [7, 11) is 0. The Balaban J connectivity index is 2.18. The molecular weight excluding hydrogens is 267 g/mol. The first-order chi connectivity index (χ1) is 9.40. The lowest BCUT2D eigenvalue weighted by Crippen LogP contribution is -2.41. The topological polar surface area (TPSA) is 47.9 Å². The van der Waals surface area contributed by atoms with Crippen LogP contribution in [0.4, 0.5) is 18.9 Å². The molecule has 0 aliphatic carbocycles. The van der Waals surface area contributed by atoms with Gasteiger partial charge in [-0.15, -0.1) is 0 Å². The Morgan fingerprint density at radius 3 is 2.75 bits per heavy atom. The number of piperidine rings is 1. The van der Waals surface area contributed by atoms with Crippen LogP contribution >= 0.6 is 0 Å². The van der Waals surface area contributed by atoms with Crippen LogP contribution in [-0.2, 0) is 6.18 Å². The van der Waals surface area contributed by atoms with Gasteiger partial charge in [0.05, 0.1) is 16.8 Å². The number of alkyl halides is 3. The number of halogens is 3. The van der Waals surface area contributed by atoms with Gasteiger partial charge in [0, 0.05) is 12.1 Å². The van der Waals surface area contributed by atoms with Crippen LogP contribution in [0.25, 0.3) is 0 Å². The van der Waals surface area contributed by atoms with Crippen LogP contribution in [0, 0.1) is 11.3 Å². The van der Waals surface area contributed by atoms with Gasteiger partial charge in [-0.25, -0.2) is 0 Å². The first kappa shape index (κ1) is 14.7. The van der Waals surface area contributed by atoms with E-state index in [1.165, 1.54) is 6.07 Å². The fraction of sp³-hybridized carbons (Fsp3) is 0.500. The van der Waals surface area contributed by atoms with E-state index in [4.69, 9.17) is 5.26 Å². The minimum absolute atomic E-state index is 0.0333. The Bertz CT molecular complexity index is 519. The van der Waals surface area contributed by atoms with Gasteiger partial charge in [0.2, 0.25) is 0 Å². The average molecular weight is 283 g/mol. The zero-order valence-electron chi connectivity index (χ0n) is 11.1. The molecule has 2 unspecified atom stereocenters. The lowest BCUT2D eigenvalue weighted by Gasteiger charge is -2.29. The molecule has 1 aliphatic heterocycles. The Morgan fingerprint density at radius 2 is 2.15 bits per heavy atom. The van der Waals surface area contributed by atoms with Crippen molar-refractivity contribution in [1.82, 2.24) is 5.32 Å².